The molecule has 2 aromatic carbocycles. The van der Waals surface area contributed by atoms with E-state index in [-0.39, 0.29) is 12.2 Å². The molecular formula is C14H14F2N2O2S. The van der Waals surface area contributed by atoms with E-state index >= 15 is 0 Å². The van der Waals surface area contributed by atoms with Gasteiger partial charge in [-0.15, -0.1) is 0 Å². The molecule has 0 amide bonds. The summed E-state index contributed by atoms with van der Waals surface area (Å²) in [6.07, 6.45) is 0. The van der Waals surface area contributed by atoms with Gasteiger partial charge in [0.25, 0.3) is 10.0 Å². The molecule has 2 N–H and O–H groups in total. The van der Waals surface area contributed by atoms with Crippen LogP contribution in [0.15, 0.2) is 47.4 Å². The third kappa shape index (κ3) is 3.03. The minimum Gasteiger partial charge on any atom is -0.326 e. The highest BCUT2D eigenvalue weighted by molar-refractivity contribution is 7.92. The van der Waals surface area contributed by atoms with Gasteiger partial charge in [-0.05, 0) is 35.9 Å². The summed E-state index contributed by atoms with van der Waals surface area (Å²) in [6.45, 7) is 0.108. The van der Waals surface area contributed by atoms with Crippen molar-refractivity contribution >= 4 is 15.7 Å². The van der Waals surface area contributed by atoms with Gasteiger partial charge >= 0.3 is 0 Å². The number of hydrogen-bond donors (Lipinski definition) is 1. The summed E-state index contributed by atoms with van der Waals surface area (Å²) in [5, 5.41) is 0. The Kier molecular flexibility index (Phi) is 4.24. The minimum absolute atomic E-state index is 0.108. The standard InChI is InChI=1S/C14H14F2N2O2S/c1-18(12-4-2-3-11(15)8-12)21(19,20)14-6-5-10(9-17)7-13(14)16/h2-8H,9,17H2,1H3. The van der Waals surface area contributed by atoms with Gasteiger partial charge in [0, 0.05) is 13.6 Å². The van der Waals surface area contributed by atoms with Crippen LogP contribution in [0.4, 0.5) is 14.5 Å². The van der Waals surface area contributed by atoms with Crippen LogP contribution in [-0.2, 0) is 16.6 Å². The van der Waals surface area contributed by atoms with Crippen LogP contribution >= 0.6 is 0 Å². The zero-order valence-electron chi connectivity index (χ0n) is 11.3. The number of hydrogen-bond acceptors (Lipinski definition) is 3. The molecule has 0 aliphatic rings. The molecule has 21 heavy (non-hydrogen) atoms. The van der Waals surface area contributed by atoms with E-state index in [2.05, 4.69) is 0 Å². The van der Waals surface area contributed by atoms with Crippen molar-refractivity contribution in [3.63, 3.8) is 0 Å². The first-order valence-electron chi connectivity index (χ1n) is 6.09. The summed E-state index contributed by atoms with van der Waals surface area (Å²) in [7, 11) is -2.88. The molecule has 0 bridgehead atoms. The lowest BCUT2D eigenvalue weighted by Crippen LogP contribution is -2.27. The Hall–Kier alpha value is -1.99. The fourth-order valence-corrected chi connectivity index (χ4v) is 3.07. The Bertz CT molecular complexity index is 763. The van der Waals surface area contributed by atoms with Crippen LogP contribution in [-0.4, -0.2) is 15.5 Å². The van der Waals surface area contributed by atoms with Crippen molar-refractivity contribution in [3.05, 3.63) is 59.7 Å². The van der Waals surface area contributed by atoms with Gasteiger partial charge in [-0.3, -0.25) is 4.31 Å². The predicted octanol–water partition coefficient (Wildman–Crippen LogP) is 2.25. The highest BCUT2D eigenvalue weighted by atomic mass is 32.2. The fraction of sp³-hybridized carbons (Fsp3) is 0.143. The predicted molar refractivity (Wildman–Crippen MR) is 76.3 cm³/mol. The molecule has 0 heterocycles. The van der Waals surface area contributed by atoms with Gasteiger partial charge in [0.15, 0.2) is 0 Å². The van der Waals surface area contributed by atoms with E-state index in [0.29, 0.717) is 5.56 Å². The first-order chi connectivity index (χ1) is 9.86. The van der Waals surface area contributed by atoms with Gasteiger partial charge in [0.05, 0.1) is 5.69 Å². The highest BCUT2D eigenvalue weighted by Gasteiger charge is 2.25. The second-order valence-corrected chi connectivity index (χ2v) is 6.36. The highest BCUT2D eigenvalue weighted by Crippen LogP contribution is 2.24. The zero-order valence-corrected chi connectivity index (χ0v) is 12.1. The van der Waals surface area contributed by atoms with Gasteiger partial charge < -0.3 is 5.73 Å². The first kappa shape index (κ1) is 15.4. The lowest BCUT2D eigenvalue weighted by atomic mass is 10.2. The zero-order chi connectivity index (χ0) is 15.6. The average Bonchev–Trinajstić information content (AvgIpc) is 2.45. The van der Waals surface area contributed by atoms with Crippen molar-refractivity contribution < 1.29 is 17.2 Å². The Labute approximate surface area is 121 Å². The van der Waals surface area contributed by atoms with E-state index in [9.17, 15) is 17.2 Å². The summed E-state index contributed by atoms with van der Waals surface area (Å²) in [5.74, 6) is -1.46. The molecule has 0 aromatic heterocycles. The van der Waals surface area contributed by atoms with E-state index in [1.807, 2.05) is 0 Å². The van der Waals surface area contributed by atoms with Gasteiger partial charge in [0.2, 0.25) is 0 Å². The number of rotatable bonds is 4. The molecule has 0 saturated heterocycles. The molecular weight excluding hydrogens is 298 g/mol. The topological polar surface area (TPSA) is 63.4 Å². The van der Waals surface area contributed by atoms with Crippen LogP contribution in [0.2, 0.25) is 0 Å². The van der Waals surface area contributed by atoms with Gasteiger partial charge in [-0.2, -0.15) is 0 Å². The van der Waals surface area contributed by atoms with Crippen LogP contribution in [0.5, 0.6) is 0 Å². The molecule has 0 saturated carbocycles. The fourth-order valence-electron chi connectivity index (χ4n) is 1.84. The number of sulfonamides is 1. The van der Waals surface area contributed by atoms with E-state index in [4.69, 9.17) is 5.73 Å². The average molecular weight is 312 g/mol. The molecule has 112 valence electrons. The number of benzene rings is 2. The van der Waals surface area contributed by atoms with Crippen LogP contribution in [0.3, 0.4) is 0 Å². The van der Waals surface area contributed by atoms with Crippen LogP contribution in [0.25, 0.3) is 0 Å². The maximum atomic E-state index is 14.0. The van der Waals surface area contributed by atoms with Crippen molar-refractivity contribution in [1.29, 1.82) is 0 Å². The lowest BCUT2D eigenvalue weighted by molar-refractivity contribution is 0.564. The van der Waals surface area contributed by atoms with Gasteiger partial charge in [-0.25, -0.2) is 17.2 Å². The molecule has 2 aromatic rings. The number of anilines is 1. The first-order valence-corrected chi connectivity index (χ1v) is 7.53. The van der Waals surface area contributed by atoms with E-state index < -0.39 is 26.6 Å². The van der Waals surface area contributed by atoms with Crippen molar-refractivity contribution in [3.8, 4) is 0 Å². The Morgan fingerprint density at radius 2 is 1.86 bits per heavy atom. The van der Waals surface area contributed by atoms with Crippen LogP contribution in [0, 0.1) is 11.6 Å². The van der Waals surface area contributed by atoms with Crippen LogP contribution < -0.4 is 10.0 Å². The summed E-state index contributed by atoms with van der Waals surface area (Å²) >= 11 is 0. The van der Waals surface area contributed by atoms with Crippen molar-refractivity contribution in [1.82, 2.24) is 0 Å². The molecule has 0 fully saturated rings. The van der Waals surface area contributed by atoms with Gasteiger partial charge in [0.1, 0.15) is 16.5 Å². The minimum atomic E-state index is -4.11. The molecule has 0 atom stereocenters. The van der Waals surface area contributed by atoms with Gasteiger partial charge in [-0.1, -0.05) is 12.1 Å². The number of nitrogens with zero attached hydrogens (tertiary/aromatic N) is 1. The third-order valence-electron chi connectivity index (χ3n) is 3.04. The summed E-state index contributed by atoms with van der Waals surface area (Å²) in [6, 6.07) is 8.73. The van der Waals surface area contributed by atoms with Crippen molar-refractivity contribution in [2.45, 2.75) is 11.4 Å². The molecule has 2 rings (SSSR count). The molecule has 4 nitrogen and oxygen atoms in total. The summed E-state index contributed by atoms with van der Waals surface area (Å²) in [5.41, 5.74) is 5.97. The molecule has 0 spiro atoms. The smallest absolute Gasteiger partial charge is 0.266 e. The summed E-state index contributed by atoms with van der Waals surface area (Å²) in [4.78, 5) is -0.480. The van der Waals surface area contributed by atoms with Crippen molar-refractivity contribution in [2.24, 2.45) is 5.73 Å². The molecule has 7 heteroatoms. The van der Waals surface area contributed by atoms with E-state index in [1.165, 1.54) is 31.3 Å². The lowest BCUT2D eigenvalue weighted by Gasteiger charge is -2.20. The largest absolute Gasteiger partial charge is 0.326 e. The monoisotopic (exact) mass is 312 g/mol. The normalized spacial score (nSPS) is 11.4. The third-order valence-corrected chi connectivity index (χ3v) is 4.86. The van der Waals surface area contributed by atoms with Crippen molar-refractivity contribution in [2.75, 3.05) is 11.4 Å². The Balaban J connectivity index is 2.47. The molecule has 0 unspecified atom stereocenters. The Morgan fingerprint density at radius 1 is 1.14 bits per heavy atom. The molecule has 0 aliphatic carbocycles. The Morgan fingerprint density at radius 3 is 2.43 bits per heavy atom. The quantitative estimate of drug-likeness (QED) is 0.942. The second-order valence-electron chi connectivity index (χ2n) is 4.42. The summed E-state index contributed by atoms with van der Waals surface area (Å²) < 4.78 is 52.8. The van der Waals surface area contributed by atoms with E-state index in [1.54, 1.807) is 0 Å². The molecule has 0 aliphatic heterocycles. The second kappa shape index (κ2) is 5.79. The van der Waals surface area contributed by atoms with E-state index in [0.717, 1.165) is 22.5 Å². The SMILES string of the molecule is CN(c1cccc(F)c1)S(=O)(=O)c1ccc(CN)cc1F. The molecule has 0 radical (unpaired) electrons. The number of halogens is 2. The maximum absolute atomic E-state index is 14.0. The van der Waals surface area contributed by atoms with Crippen LogP contribution in [0.1, 0.15) is 5.56 Å². The number of nitrogens with two attached hydrogens (primary N) is 1. The maximum Gasteiger partial charge on any atom is 0.266 e.